The van der Waals surface area contributed by atoms with Gasteiger partial charge >= 0.3 is 5.69 Å². The van der Waals surface area contributed by atoms with E-state index < -0.39 is 11.2 Å². The van der Waals surface area contributed by atoms with Crippen molar-refractivity contribution in [3.63, 3.8) is 0 Å². The molecule has 0 fully saturated rings. The molecule has 8 nitrogen and oxygen atoms in total. The van der Waals surface area contributed by atoms with Gasteiger partial charge in [-0.05, 0) is 19.3 Å². The first-order chi connectivity index (χ1) is 15.7. The van der Waals surface area contributed by atoms with Crippen LogP contribution in [0.2, 0.25) is 0 Å². The van der Waals surface area contributed by atoms with Crippen molar-refractivity contribution in [1.82, 2.24) is 14.5 Å². The molecule has 3 aromatic rings. The molecule has 1 aromatic carbocycles. The van der Waals surface area contributed by atoms with Crippen LogP contribution in [0.5, 0.6) is 0 Å². The standard InChI is InChI=1S/C24H31N5O3S/c1-5-6-11-28-21(25)20(22(31)27-24(28)32)29(13-15(2)3)19(30)12-18-14-33-23(26-18)17-9-7-16(4)8-10-17/h7-10,14-15H,5-6,11-13,25H2,1-4H3,(H,27,31,32). The topological polar surface area (TPSA) is 114 Å². The van der Waals surface area contributed by atoms with E-state index in [4.69, 9.17) is 5.73 Å². The maximum atomic E-state index is 13.3. The Hall–Kier alpha value is -3.20. The molecule has 0 aliphatic heterocycles. The fourth-order valence-corrected chi connectivity index (χ4v) is 4.35. The number of carbonyl (C=O) groups is 1. The van der Waals surface area contributed by atoms with Gasteiger partial charge in [0, 0.05) is 24.0 Å². The first kappa shape index (κ1) is 24.4. The lowest BCUT2D eigenvalue weighted by Gasteiger charge is -2.26. The number of thiazole rings is 1. The van der Waals surface area contributed by atoms with Crippen LogP contribution in [0.25, 0.3) is 10.6 Å². The molecule has 2 heterocycles. The summed E-state index contributed by atoms with van der Waals surface area (Å²) in [4.78, 5) is 46.7. The number of aromatic amines is 1. The fraction of sp³-hybridized carbons (Fsp3) is 0.417. The quantitative estimate of drug-likeness (QED) is 0.497. The molecule has 3 N–H and O–H groups in total. The maximum Gasteiger partial charge on any atom is 0.330 e. The maximum absolute atomic E-state index is 13.3. The number of carbonyl (C=O) groups excluding carboxylic acids is 1. The molecule has 0 aliphatic rings. The molecular formula is C24H31N5O3S. The van der Waals surface area contributed by atoms with Crippen LogP contribution in [0, 0.1) is 12.8 Å². The number of aromatic nitrogens is 3. The predicted molar refractivity (Wildman–Crippen MR) is 134 cm³/mol. The molecule has 0 atom stereocenters. The largest absolute Gasteiger partial charge is 0.383 e. The van der Waals surface area contributed by atoms with Crippen LogP contribution in [-0.4, -0.2) is 27.0 Å². The summed E-state index contributed by atoms with van der Waals surface area (Å²) in [6.45, 7) is 8.61. The fourth-order valence-electron chi connectivity index (χ4n) is 3.53. The van der Waals surface area contributed by atoms with Gasteiger partial charge in [-0.15, -0.1) is 11.3 Å². The van der Waals surface area contributed by atoms with Gasteiger partial charge in [0.15, 0.2) is 5.69 Å². The number of hydrogen-bond acceptors (Lipinski definition) is 6. The van der Waals surface area contributed by atoms with Crippen molar-refractivity contribution in [2.24, 2.45) is 5.92 Å². The molecule has 0 saturated carbocycles. The van der Waals surface area contributed by atoms with Crippen LogP contribution in [0.15, 0.2) is 39.2 Å². The predicted octanol–water partition coefficient (Wildman–Crippen LogP) is 3.58. The number of amides is 1. The highest BCUT2D eigenvalue weighted by Crippen LogP contribution is 2.25. The van der Waals surface area contributed by atoms with Gasteiger partial charge in [-0.2, -0.15) is 0 Å². The molecule has 0 bridgehead atoms. The second-order valence-electron chi connectivity index (χ2n) is 8.58. The van der Waals surface area contributed by atoms with E-state index in [2.05, 4.69) is 9.97 Å². The van der Waals surface area contributed by atoms with Crippen molar-refractivity contribution in [2.45, 2.75) is 53.5 Å². The molecule has 0 aliphatic carbocycles. The number of H-pyrrole nitrogens is 1. The van der Waals surface area contributed by atoms with E-state index in [1.807, 2.05) is 57.3 Å². The zero-order valence-corrected chi connectivity index (χ0v) is 20.4. The Morgan fingerprint density at radius 3 is 2.58 bits per heavy atom. The van der Waals surface area contributed by atoms with Crippen LogP contribution >= 0.6 is 11.3 Å². The number of aryl methyl sites for hydroxylation is 1. The Morgan fingerprint density at radius 2 is 1.94 bits per heavy atom. The molecule has 0 unspecified atom stereocenters. The zero-order valence-electron chi connectivity index (χ0n) is 19.6. The molecule has 3 rings (SSSR count). The summed E-state index contributed by atoms with van der Waals surface area (Å²) >= 11 is 1.47. The number of nitrogen functional groups attached to an aromatic ring is 1. The van der Waals surface area contributed by atoms with Gasteiger partial charge in [-0.3, -0.25) is 19.1 Å². The van der Waals surface area contributed by atoms with Crippen molar-refractivity contribution >= 4 is 28.7 Å². The number of unbranched alkanes of at least 4 members (excludes halogenated alkanes) is 1. The number of rotatable bonds is 9. The average Bonchev–Trinajstić information content (AvgIpc) is 3.21. The molecular weight excluding hydrogens is 438 g/mol. The monoisotopic (exact) mass is 469 g/mol. The zero-order chi connectivity index (χ0) is 24.1. The van der Waals surface area contributed by atoms with Gasteiger partial charge in [0.2, 0.25) is 5.91 Å². The molecule has 176 valence electrons. The van der Waals surface area contributed by atoms with Crippen LogP contribution in [-0.2, 0) is 17.8 Å². The Bertz CT molecular complexity index is 1220. The van der Waals surface area contributed by atoms with Crippen molar-refractivity contribution in [3.8, 4) is 10.6 Å². The number of anilines is 2. The van der Waals surface area contributed by atoms with Crippen LogP contribution in [0.1, 0.15) is 44.9 Å². The minimum Gasteiger partial charge on any atom is -0.383 e. The lowest BCUT2D eigenvalue weighted by molar-refractivity contribution is -0.118. The molecule has 9 heteroatoms. The van der Waals surface area contributed by atoms with Gasteiger partial charge in [0.1, 0.15) is 10.8 Å². The molecule has 2 aromatic heterocycles. The van der Waals surface area contributed by atoms with Gasteiger partial charge < -0.3 is 10.6 Å². The highest BCUT2D eigenvalue weighted by molar-refractivity contribution is 7.13. The summed E-state index contributed by atoms with van der Waals surface area (Å²) in [6.07, 6.45) is 1.62. The third-order valence-electron chi connectivity index (χ3n) is 5.25. The third kappa shape index (κ3) is 5.78. The minimum absolute atomic E-state index is 0.0184. The SMILES string of the molecule is CCCCn1c(N)c(N(CC(C)C)C(=O)Cc2csc(-c3ccc(C)cc3)n2)c(=O)[nH]c1=O. The van der Waals surface area contributed by atoms with E-state index in [1.54, 1.807) is 0 Å². The van der Waals surface area contributed by atoms with Gasteiger partial charge in [0.05, 0.1) is 12.1 Å². The van der Waals surface area contributed by atoms with E-state index in [9.17, 15) is 14.4 Å². The van der Waals surface area contributed by atoms with Crippen molar-refractivity contribution in [2.75, 3.05) is 17.2 Å². The van der Waals surface area contributed by atoms with Gasteiger partial charge in [-0.1, -0.05) is 57.0 Å². The number of benzene rings is 1. The summed E-state index contributed by atoms with van der Waals surface area (Å²) in [7, 11) is 0. The number of nitrogens with two attached hydrogens (primary N) is 1. The van der Waals surface area contributed by atoms with Gasteiger partial charge in [0.25, 0.3) is 5.56 Å². The van der Waals surface area contributed by atoms with E-state index in [0.29, 0.717) is 18.8 Å². The Balaban J connectivity index is 1.93. The van der Waals surface area contributed by atoms with Crippen LogP contribution < -0.4 is 21.9 Å². The van der Waals surface area contributed by atoms with Crippen molar-refractivity contribution in [3.05, 3.63) is 61.7 Å². The van der Waals surface area contributed by atoms with E-state index in [1.165, 1.54) is 20.8 Å². The Kier molecular flexibility index (Phi) is 7.86. The second-order valence-corrected chi connectivity index (χ2v) is 9.44. The van der Waals surface area contributed by atoms with Crippen LogP contribution in [0.4, 0.5) is 11.5 Å². The Morgan fingerprint density at radius 1 is 1.24 bits per heavy atom. The highest BCUT2D eigenvalue weighted by Gasteiger charge is 2.25. The number of nitrogens with one attached hydrogen (secondary N) is 1. The molecule has 0 radical (unpaired) electrons. The summed E-state index contributed by atoms with van der Waals surface area (Å²) in [5.41, 5.74) is 7.86. The minimum atomic E-state index is -0.655. The Labute approximate surface area is 197 Å². The smallest absolute Gasteiger partial charge is 0.330 e. The molecule has 1 amide bonds. The lowest BCUT2D eigenvalue weighted by atomic mass is 10.1. The van der Waals surface area contributed by atoms with E-state index in [0.717, 1.165) is 29.0 Å². The van der Waals surface area contributed by atoms with Crippen molar-refractivity contribution in [1.29, 1.82) is 0 Å². The molecule has 33 heavy (non-hydrogen) atoms. The first-order valence-corrected chi connectivity index (χ1v) is 12.0. The molecule has 0 spiro atoms. The number of nitrogens with zero attached hydrogens (tertiary/aromatic N) is 3. The summed E-state index contributed by atoms with van der Waals surface area (Å²) in [6, 6.07) is 8.05. The second kappa shape index (κ2) is 10.6. The summed E-state index contributed by atoms with van der Waals surface area (Å²) in [5, 5.41) is 2.69. The normalized spacial score (nSPS) is 11.2. The highest BCUT2D eigenvalue weighted by atomic mass is 32.1. The van der Waals surface area contributed by atoms with Gasteiger partial charge in [-0.25, -0.2) is 9.78 Å². The van der Waals surface area contributed by atoms with E-state index >= 15 is 0 Å². The van der Waals surface area contributed by atoms with E-state index in [-0.39, 0.29) is 29.8 Å². The first-order valence-electron chi connectivity index (χ1n) is 11.2. The summed E-state index contributed by atoms with van der Waals surface area (Å²) < 4.78 is 1.33. The third-order valence-corrected chi connectivity index (χ3v) is 6.19. The summed E-state index contributed by atoms with van der Waals surface area (Å²) in [5.74, 6) is -0.186. The van der Waals surface area contributed by atoms with Crippen LogP contribution in [0.3, 0.4) is 0 Å². The molecule has 0 saturated heterocycles. The van der Waals surface area contributed by atoms with Crippen molar-refractivity contribution < 1.29 is 4.79 Å². The average molecular weight is 470 g/mol. The lowest BCUT2D eigenvalue weighted by Crippen LogP contribution is -2.43. The number of hydrogen-bond donors (Lipinski definition) is 2.